The van der Waals surface area contributed by atoms with Crippen LogP contribution < -0.4 is 15.5 Å². The molecule has 0 radical (unpaired) electrons. The molecular formula is C20H33N3O2. The molecule has 1 aliphatic heterocycles. The summed E-state index contributed by atoms with van der Waals surface area (Å²) in [6.45, 7) is 7.06. The van der Waals surface area contributed by atoms with Gasteiger partial charge in [-0.25, -0.2) is 4.79 Å². The highest BCUT2D eigenvalue weighted by molar-refractivity contribution is 5.93. The standard InChI is InChI=1S/C20H33N3O2/c1-3-20(4-2,12-15-24)16-21-19(25)22-17-10-6-7-11-18(17)23-13-8-5-9-14-23/h6-7,10-11,24H,3-5,8-9,12-16H2,1-2H3,(H2,21,22,25). The van der Waals surface area contributed by atoms with Crippen molar-refractivity contribution in [3.63, 3.8) is 0 Å². The van der Waals surface area contributed by atoms with E-state index in [1.54, 1.807) is 0 Å². The highest BCUT2D eigenvalue weighted by Gasteiger charge is 2.26. The zero-order valence-electron chi connectivity index (χ0n) is 15.7. The maximum atomic E-state index is 12.4. The predicted octanol–water partition coefficient (Wildman–Crippen LogP) is 3.99. The molecule has 0 bridgehead atoms. The van der Waals surface area contributed by atoms with Crippen LogP contribution in [0.5, 0.6) is 0 Å². The van der Waals surface area contributed by atoms with Gasteiger partial charge < -0.3 is 20.6 Å². The predicted molar refractivity (Wildman–Crippen MR) is 104 cm³/mol. The van der Waals surface area contributed by atoms with Gasteiger partial charge in [0.2, 0.25) is 0 Å². The first-order valence-corrected chi connectivity index (χ1v) is 9.64. The van der Waals surface area contributed by atoms with Gasteiger partial charge in [0.15, 0.2) is 0 Å². The molecule has 0 atom stereocenters. The van der Waals surface area contributed by atoms with Crippen molar-refractivity contribution in [2.75, 3.05) is 36.5 Å². The number of carbonyl (C=O) groups excluding carboxylic acids is 1. The van der Waals surface area contributed by atoms with Crippen LogP contribution in [0.2, 0.25) is 0 Å². The molecule has 2 rings (SSSR count). The number of carbonyl (C=O) groups is 1. The van der Waals surface area contributed by atoms with E-state index in [-0.39, 0.29) is 18.1 Å². The third-order valence-electron chi connectivity index (χ3n) is 5.62. The van der Waals surface area contributed by atoms with E-state index in [0.717, 1.165) is 37.3 Å². The molecule has 25 heavy (non-hydrogen) atoms. The number of hydrogen-bond acceptors (Lipinski definition) is 3. The van der Waals surface area contributed by atoms with E-state index in [2.05, 4.69) is 35.4 Å². The van der Waals surface area contributed by atoms with Gasteiger partial charge in [0.05, 0.1) is 11.4 Å². The van der Waals surface area contributed by atoms with Crippen molar-refractivity contribution in [2.24, 2.45) is 5.41 Å². The second kappa shape index (κ2) is 9.66. The van der Waals surface area contributed by atoms with Crippen LogP contribution in [-0.4, -0.2) is 37.4 Å². The first kappa shape index (κ1) is 19.6. The SMILES string of the molecule is CCC(CC)(CCO)CNC(=O)Nc1ccccc1N1CCCCC1. The highest BCUT2D eigenvalue weighted by atomic mass is 16.3. The number of hydrogen-bond donors (Lipinski definition) is 3. The molecule has 1 heterocycles. The van der Waals surface area contributed by atoms with Crippen LogP contribution in [0, 0.1) is 5.41 Å². The zero-order valence-corrected chi connectivity index (χ0v) is 15.7. The molecular weight excluding hydrogens is 314 g/mol. The molecule has 1 aliphatic rings. The number of benzene rings is 1. The van der Waals surface area contributed by atoms with E-state index in [4.69, 9.17) is 0 Å². The number of aliphatic hydroxyl groups is 1. The molecule has 3 N–H and O–H groups in total. The molecule has 0 saturated carbocycles. The molecule has 1 aromatic rings. The number of rotatable bonds is 8. The monoisotopic (exact) mass is 347 g/mol. The van der Waals surface area contributed by atoms with Crippen molar-refractivity contribution in [2.45, 2.75) is 52.4 Å². The largest absolute Gasteiger partial charge is 0.396 e. The van der Waals surface area contributed by atoms with Gasteiger partial charge in [0, 0.05) is 26.2 Å². The lowest BCUT2D eigenvalue weighted by Gasteiger charge is -2.32. The van der Waals surface area contributed by atoms with Crippen LogP contribution >= 0.6 is 0 Å². The lowest BCUT2D eigenvalue weighted by molar-refractivity contribution is 0.165. The molecule has 1 aromatic carbocycles. The fourth-order valence-electron chi connectivity index (χ4n) is 3.60. The highest BCUT2D eigenvalue weighted by Crippen LogP contribution is 2.30. The maximum Gasteiger partial charge on any atom is 0.319 e. The van der Waals surface area contributed by atoms with Crippen LogP contribution in [-0.2, 0) is 0 Å². The molecule has 2 amide bonds. The normalized spacial score (nSPS) is 15.1. The minimum absolute atomic E-state index is 0.0293. The Hall–Kier alpha value is -1.75. The first-order chi connectivity index (χ1) is 12.1. The third kappa shape index (κ3) is 5.36. The van der Waals surface area contributed by atoms with Gasteiger partial charge in [0.25, 0.3) is 0 Å². The molecule has 5 heteroatoms. The Balaban J connectivity index is 1.98. The van der Waals surface area contributed by atoms with Gasteiger partial charge in [-0.3, -0.25) is 0 Å². The number of para-hydroxylation sites is 2. The van der Waals surface area contributed by atoms with E-state index < -0.39 is 0 Å². The topological polar surface area (TPSA) is 64.6 Å². The summed E-state index contributed by atoms with van der Waals surface area (Å²) in [7, 11) is 0. The number of urea groups is 1. The first-order valence-electron chi connectivity index (χ1n) is 9.64. The molecule has 1 saturated heterocycles. The number of anilines is 2. The van der Waals surface area contributed by atoms with Crippen molar-refractivity contribution in [1.82, 2.24) is 5.32 Å². The Morgan fingerprint density at radius 3 is 2.48 bits per heavy atom. The minimum atomic E-state index is -0.173. The van der Waals surface area contributed by atoms with Gasteiger partial charge in [0.1, 0.15) is 0 Å². The fourth-order valence-corrected chi connectivity index (χ4v) is 3.60. The van der Waals surface area contributed by atoms with E-state index in [0.29, 0.717) is 13.0 Å². The Morgan fingerprint density at radius 2 is 1.84 bits per heavy atom. The molecule has 0 spiro atoms. The van der Waals surface area contributed by atoms with Gasteiger partial charge >= 0.3 is 6.03 Å². The van der Waals surface area contributed by atoms with Crippen molar-refractivity contribution in [3.05, 3.63) is 24.3 Å². The van der Waals surface area contributed by atoms with Crippen LogP contribution in [0.15, 0.2) is 24.3 Å². The lowest BCUT2D eigenvalue weighted by atomic mass is 9.79. The van der Waals surface area contributed by atoms with Crippen LogP contribution in [0.4, 0.5) is 16.2 Å². The minimum Gasteiger partial charge on any atom is -0.396 e. The van der Waals surface area contributed by atoms with Crippen molar-refractivity contribution < 1.29 is 9.90 Å². The van der Waals surface area contributed by atoms with E-state index in [1.807, 2.05) is 18.2 Å². The summed E-state index contributed by atoms with van der Waals surface area (Å²) in [5.74, 6) is 0. The number of nitrogens with zero attached hydrogens (tertiary/aromatic N) is 1. The summed E-state index contributed by atoms with van der Waals surface area (Å²) in [6.07, 6.45) is 6.29. The molecule has 0 aromatic heterocycles. The lowest BCUT2D eigenvalue weighted by Crippen LogP contribution is -2.40. The summed E-state index contributed by atoms with van der Waals surface area (Å²) >= 11 is 0. The van der Waals surface area contributed by atoms with Gasteiger partial charge in [-0.2, -0.15) is 0 Å². The summed E-state index contributed by atoms with van der Waals surface area (Å²) in [6, 6.07) is 7.85. The molecule has 5 nitrogen and oxygen atoms in total. The van der Waals surface area contributed by atoms with Gasteiger partial charge in [-0.15, -0.1) is 0 Å². The second-order valence-electron chi connectivity index (χ2n) is 7.05. The fraction of sp³-hybridized carbons (Fsp3) is 0.650. The van der Waals surface area contributed by atoms with Gasteiger partial charge in [-0.05, 0) is 56.1 Å². The number of aliphatic hydroxyl groups excluding tert-OH is 1. The molecule has 1 fully saturated rings. The summed E-state index contributed by atoms with van der Waals surface area (Å²) < 4.78 is 0. The Kier molecular flexibility index (Phi) is 7.56. The second-order valence-corrected chi connectivity index (χ2v) is 7.05. The average Bonchev–Trinajstić information content (AvgIpc) is 2.66. The molecule has 140 valence electrons. The number of amides is 2. The summed E-state index contributed by atoms with van der Waals surface area (Å²) in [5, 5.41) is 15.3. The number of piperidine rings is 1. The summed E-state index contributed by atoms with van der Waals surface area (Å²) in [5.41, 5.74) is 1.94. The maximum absolute atomic E-state index is 12.4. The van der Waals surface area contributed by atoms with Crippen LogP contribution in [0.25, 0.3) is 0 Å². The van der Waals surface area contributed by atoms with Crippen molar-refractivity contribution >= 4 is 17.4 Å². The van der Waals surface area contributed by atoms with E-state index in [9.17, 15) is 9.90 Å². The van der Waals surface area contributed by atoms with Crippen LogP contribution in [0.1, 0.15) is 52.4 Å². The molecule has 0 aliphatic carbocycles. The summed E-state index contributed by atoms with van der Waals surface area (Å²) in [4.78, 5) is 14.8. The third-order valence-corrected chi connectivity index (χ3v) is 5.62. The number of nitrogens with one attached hydrogen (secondary N) is 2. The zero-order chi connectivity index (χ0) is 18.1. The van der Waals surface area contributed by atoms with Gasteiger partial charge in [-0.1, -0.05) is 26.0 Å². The van der Waals surface area contributed by atoms with Crippen molar-refractivity contribution in [1.29, 1.82) is 0 Å². The van der Waals surface area contributed by atoms with E-state index in [1.165, 1.54) is 19.3 Å². The Bertz CT molecular complexity index is 537. The van der Waals surface area contributed by atoms with Crippen LogP contribution in [0.3, 0.4) is 0 Å². The Morgan fingerprint density at radius 1 is 1.16 bits per heavy atom. The van der Waals surface area contributed by atoms with E-state index >= 15 is 0 Å². The molecule has 0 unspecified atom stereocenters. The Labute approximate surface area is 151 Å². The quantitative estimate of drug-likeness (QED) is 0.666. The average molecular weight is 348 g/mol. The smallest absolute Gasteiger partial charge is 0.319 e. The van der Waals surface area contributed by atoms with Crippen molar-refractivity contribution in [3.8, 4) is 0 Å².